The van der Waals surface area contributed by atoms with Crippen LogP contribution >= 0.6 is 0 Å². The fourth-order valence-corrected chi connectivity index (χ4v) is 4.65. The zero-order valence-corrected chi connectivity index (χ0v) is 22.5. The van der Waals surface area contributed by atoms with E-state index in [2.05, 4.69) is 10.5 Å². The maximum absolute atomic E-state index is 12.6. The first-order chi connectivity index (χ1) is 19.0. The molecule has 0 saturated heterocycles. The first-order valence-corrected chi connectivity index (χ1v) is 14.5. The number of hydrazone groups is 1. The van der Waals surface area contributed by atoms with Crippen LogP contribution in [0.1, 0.15) is 12.8 Å². The van der Waals surface area contributed by atoms with Crippen molar-refractivity contribution >= 4 is 49.5 Å². The van der Waals surface area contributed by atoms with Crippen LogP contribution in [0.2, 0.25) is 0 Å². The van der Waals surface area contributed by atoms with Crippen molar-refractivity contribution in [1.82, 2.24) is 10.4 Å². The van der Waals surface area contributed by atoms with E-state index in [1.165, 1.54) is 42.6 Å². The van der Waals surface area contributed by atoms with E-state index in [1.54, 1.807) is 0 Å². The number of hydrogen-bond acceptors (Lipinski definition) is 11. The van der Waals surface area contributed by atoms with E-state index in [4.69, 9.17) is 9.11 Å². The summed E-state index contributed by atoms with van der Waals surface area (Å²) in [7, 11) is -8.63. The van der Waals surface area contributed by atoms with Crippen molar-refractivity contribution in [3.8, 4) is 0 Å². The van der Waals surface area contributed by atoms with E-state index >= 15 is 0 Å². The number of anilines is 1. The smallest absolute Gasteiger partial charge is 0.358 e. The Labute approximate surface area is 233 Å². The van der Waals surface area contributed by atoms with E-state index in [1.807, 2.05) is 0 Å². The maximum atomic E-state index is 12.6. The minimum atomic E-state index is -4.45. The lowest BCUT2D eigenvalue weighted by molar-refractivity contribution is -0.156. The molecule has 6 N–H and O–H groups in total. The number of benzene rings is 1. The number of hydrazine groups is 1. The Morgan fingerprint density at radius 1 is 1.00 bits per heavy atom. The molecule has 2 aliphatic rings. The molecule has 1 aromatic carbocycles. The molecule has 2 heterocycles. The number of rotatable bonds is 12. The molecule has 1 aromatic rings. The Bertz CT molecular complexity index is 1610. The molecular weight excluding hydrogens is 588 g/mol. The molecule has 1 unspecified atom stereocenters. The fourth-order valence-electron chi connectivity index (χ4n) is 3.60. The van der Waals surface area contributed by atoms with Gasteiger partial charge in [0, 0.05) is 18.3 Å². The number of carbonyl (C=O) groups is 3. The SMILES string of the molecule is O=C(O)C1=NN(CCCCS(=O)(=O)O)C(=O)C1=CC=CC=CC1=CN(c2ccc(S(=O)(=O)O)cc2)NC1(O)C(=O)O. The summed E-state index contributed by atoms with van der Waals surface area (Å²) >= 11 is 0. The Balaban J connectivity index is 1.74. The molecule has 0 radical (unpaired) electrons. The van der Waals surface area contributed by atoms with Crippen LogP contribution in [-0.2, 0) is 34.6 Å². The van der Waals surface area contributed by atoms with Gasteiger partial charge in [-0.3, -0.25) is 18.9 Å². The summed E-state index contributed by atoms with van der Waals surface area (Å²) in [6.07, 6.45) is 7.64. The topological polar surface area (TPSA) is 252 Å². The van der Waals surface area contributed by atoms with Crippen LogP contribution in [0.25, 0.3) is 0 Å². The molecular formula is C23H24N4O12S2. The predicted molar refractivity (Wildman–Crippen MR) is 141 cm³/mol. The second kappa shape index (κ2) is 12.1. The summed E-state index contributed by atoms with van der Waals surface area (Å²) in [5.41, 5.74) is -0.958. The molecule has 220 valence electrons. The maximum Gasteiger partial charge on any atom is 0.358 e. The van der Waals surface area contributed by atoms with Crippen LogP contribution < -0.4 is 10.4 Å². The molecule has 0 aliphatic carbocycles. The van der Waals surface area contributed by atoms with E-state index in [0.29, 0.717) is 0 Å². The minimum absolute atomic E-state index is 0.0188. The second-order valence-corrected chi connectivity index (χ2v) is 11.5. The molecule has 0 fully saturated rings. The minimum Gasteiger partial charge on any atom is -0.478 e. The van der Waals surface area contributed by atoms with Gasteiger partial charge in [0.2, 0.25) is 0 Å². The van der Waals surface area contributed by atoms with Gasteiger partial charge in [0.25, 0.3) is 31.9 Å². The van der Waals surface area contributed by atoms with Crippen LogP contribution in [0, 0.1) is 0 Å². The van der Waals surface area contributed by atoms with Gasteiger partial charge in [0.1, 0.15) is 0 Å². The number of aliphatic carboxylic acids is 2. The third-order valence-electron chi connectivity index (χ3n) is 5.62. The molecule has 0 bridgehead atoms. The van der Waals surface area contributed by atoms with Crippen LogP contribution in [0.3, 0.4) is 0 Å². The van der Waals surface area contributed by atoms with Crippen molar-refractivity contribution in [2.75, 3.05) is 17.3 Å². The van der Waals surface area contributed by atoms with Crippen molar-refractivity contribution in [3.63, 3.8) is 0 Å². The monoisotopic (exact) mass is 612 g/mol. The number of carbonyl (C=O) groups excluding carboxylic acids is 1. The van der Waals surface area contributed by atoms with Gasteiger partial charge in [-0.05, 0) is 43.2 Å². The van der Waals surface area contributed by atoms with E-state index in [9.17, 15) is 46.5 Å². The summed E-state index contributed by atoms with van der Waals surface area (Å²) in [6.45, 7) is -0.0872. The third kappa shape index (κ3) is 7.72. The Morgan fingerprint density at radius 3 is 2.22 bits per heavy atom. The molecule has 0 aromatic heterocycles. The highest BCUT2D eigenvalue weighted by Crippen LogP contribution is 2.28. The van der Waals surface area contributed by atoms with Crippen LogP contribution in [0.4, 0.5) is 5.69 Å². The molecule has 0 spiro atoms. The molecule has 1 amide bonds. The Hall–Kier alpha value is -4.20. The number of nitrogens with zero attached hydrogens (tertiary/aromatic N) is 3. The summed E-state index contributed by atoms with van der Waals surface area (Å²) in [6, 6.07) is 4.66. The predicted octanol–water partition coefficient (Wildman–Crippen LogP) is -0.0954. The number of amides is 1. The average molecular weight is 613 g/mol. The van der Waals surface area contributed by atoms with Crippen LogP contribution in [-0.4, -0.2) is 87.8 Å². The summed E-state index contributed by atoms with van der Waals surface area (Å²) in [5, 5.41) is 35.3. The van der Waals surface area contributed by atoms with E-state index in [0.717, 1.165) is 28.2 Å². The Morgan fingerprint density at radius 2 is 1.66 bits per heavy atom. The molecule has 16 nitrogen and oxygen atoms in total. The van der Waals surface area contributed by atoms with Crippen molar-refractivity contribution < 1.29 is 55.6 Å². The van der Waals surface area contributed by atoms with E-state index < -0.39 is 60.2 Å². The largest absolute Gasteiger partial charge is 0.478 e. The van der Waals surface area contributed by atoms with Crippen LogP contribution in [0.15, 0.2) is 82.0 Å². The van der Waals surface area contributed by atoms with Crippen molar-refractivity contribution in [1.29, 1.82) is 0 Å². The third-order valence-corrected chi connectivity index (χ3v) is 7.29. The summed E-state index contributed by atoms with van der Waals surface area (Å²) in [4.78, 5) is 35.5. The average Bonchev–Trinajstić information content (AvgIpc) is 3.38. The van der Waals surface area contributed by atoms with Crippen molar-refractivity contribution in [3.05, 3.63) is 72.0 Å². The van der Waals surface area contributed by atoms with Crippen molar-refractivity contribution in [2.45, 2.75) is 23.5 Å². The van der Waals surface area contributed by atoms with Gasteiger partial charge in [0.05, 0.1) is 21.9 Å². The van der Waals surface area contributed by atoms with Gasteiger partial charge < -0.3 is 15.3 Å². The molecule has 18 heteroatoms. The normalized spacial score (nSPS) is 20.9. The second-order valence-electron chi connectivity index (χ2n) is 8.55. The number of nitrogens with one attached hydrogen (secondary N) is 1. The number of hydrogen-bond donors (Lipinski definition) is 6. The number of aliphatic hydroxyl groups is 1. The lowest BCUT2D eigenvalue weighted by atomic mass is 10.1. The van der Waals surface area contributed by atoms with Crippen LogP contribution in [0.5, 0.6) is 0 Å². The van der Waals surface area contributed by atoms with Gasteiger partial charge in [-0.2, -0.15) is 27.4 Å². The van der Waals surface area contributed by atoms with Gasteiger partial charge in [-0.25, -0.2) is 14.6 Å². The first-order valence-electron chi connectivity index (χ1n) is 11.5. The van der Waals surface area contributed by atoms with Crippen molar-refractivity contribution in [2.24, 2.45) is 5.10 Å². The standard InChI is InChI=1S/C23H24N4O12S2/c28-20-18(19(21(29)30)24-26(20)12-4-5-13-40(34,35)36)7-3-1-2-6-15-14-27(25-23(15,33)22(31)32)16-8-10-17(11-9-16)41(37,38)39/h1-3,6-11,14,25,33H,4-5,12-13H2,(H,29,30)(H,31,32)(H,34,35,36)(H,37,38,39). The summed E-state index contributed by atoms with van der Waals surface area (Å²) in [5.74, 6) is -4.41. The fraction of sp³-hybridized carbons (Fsp3) is 0.217. The number of unbranched alkanes of at least 4 members (excludes halogenated alkanes) is 1. The first kappa shape index (κ1) is 31.3. The van der Waals surface area contributed by atoms with E-state index in [-0.39, 0.29) is 36.2 Å². The summed E-state index contributed by atoms with van der Waals surface area (Å²) < 4.78 is 61.9. The lowest BCUT2D eigenvalue weighted by Crippen LogP contribution is -2.54. The number of carboxylic acid groups (broad SMARTS) is 2. The molecule has 3 rings (SSSR count). The Kier molecular flexibility index (Phi) is 9.26. The van der Waals surface area contributed by atoms with Gasteiger partial charge in [0.15, 0.2) is 5.71 Å². The number of carboxylic acids is 2. The lowest BCUT2D eigenvalue weighted by Gasteiger charge is -2.24. The molecule has 1 atom stereocenters. The van der Waals surface area contributed by atoms with Gasteiger partial charge in [-0.1, -0.05) is 24.3 Å². The highest BCUT2D eigenvalue weighted by molar-refractivity contribution is 7.86. The quantitative estimate of drug-likeness (QED) is 0.0781. The molecule has 41 heavy (non-hydrogen) atoms. The zero-order valence-electron chi connectivity index (χ0n) is 20.9. The molecule has 2 aliphatic heterocycles. The van der Waals surface area contributed by atoms with Gasteiger partial charge >= 0.3 is 11.9 Å². The van der Waals surface area contributed by atoms with Gasteiger partial charge in [-0.15, -0.1) is 0 Å². The molecule has 0 saturated carbocycles. The number of allylic oxidation sites excluding steroid dienone is 4. The zero-order chi connectivity index (χ0) is 30.6. The highest BCUT2D eigenvalue weighted by atomic mass is 32.2. The highest BCUT2D eigenvalue weighted by Gasteiger charge is 2.45.